The number of esters is 3. The number of hydrogen-bond donors (Lipinski definition) is 1. The first-order valence-electron chi connectivity index (χ1n) is 25.5. The molecule has 0 atom stereocenters. The maximum atomic E-state index is 13.0. The van der Waals surface area contributed by atoms with Crippen molar-refractivity contribution in [3.05, 3.63) is 204 Å². The zero-order chi connectivity index (χ0) is 52.4. The van der Waals surface area contributed by atoms with E-state index in [2.05, 4.69) is 35.1 Å². The molecule has 12 heteroatoms. The van der Waals surface area contributed by atoms with Crippen LogP contribution < -0.4 is 19.5 Å². The molecule has 75 heavy (non-hydrogen) atoms. The number of hydrogen-bond acceptors (Lipinski definition) is 12. The summed E-state index contributed by atoms with van der Waals surface area (Å²) >= 11 is 0. The summed E-state index contributed by atoms with van der Waals surface area (Å²) in [5, 5.41) is 26.0. The van der Waals surface area contributed by atoms with Gasteiger partial charge in [0.15, 0.2) is 0 Å². The second-order valence-electron chi connectivity index (χ2n) is 18.3. The van der Waals surface area contributed by atoms with Crippen molar-refractivity contribution < 1.29 is 33.3 Å². The number of benzene rings is 8. The monoisotopic (exact) mass is 999 g/mol. The number of unbranched alkanes of at least 4 members (excludes halogenated alkanes) is 5. The summed E-state index contributed by atoms with van der Waals surface area (Å²) < 4.78 is 22.3. The molecule has 12 nitrogen and oxygen atoms in total. The number of nitrogens with one attached hydrogen (secondary N) is 1. The van der Waals surface area contributed by atoms with Gasteiger partial charge in [0.05, 0.1) is 47.1 Å². The lowest BCUT2D eigenvalue weighted by molar-refractivity contribution is -0.139. The molecule has 0 saturated heterocycles. The van der Waals surface area contributed by atoms with Crippen molar-refractivity contribution in [2.24, 2.45) is 20.5 Å². The van der Waals surface area contributed by atoms with Crippen LogP contribution in [0.3, 0.4) is 0 Å². The Morgan fingerprint density at radius 1 is 0.507 bits per heavy atom. The molecule has 0 amide bonds. The summed E-state index contributed by atoms with van der Waals surface area (Å²) in [6.45, 7) is 10.8. The molecule has 0 spiro atoms. The largest absolute Gasteiger partial charge is 0.494 e. The molecule has 0 radical (unpaired) electrons. The van der Waals surface area contributed by atoms with Gasteiger partial charge in [-0.15, -0.1) is 15.3 Å². The van der Waals surface area contributed by atoms with Crippen molar-refractivity contribution in [2.75, 3.05) is 18.5 Å². The predicted octanol–water partition coefficient (Wildman–Crippen LogP) is 17.0. The molecule has 0 aliphatic rings. The molecule has 0 saturated carbocycles. The van der Waals surface area contributed by atoms with Crippen LogP contribution in [0.2, 0.25) is 0 Å². The van der Waals surface area contributed by atoms with E-state index in [1.807, 2.05) is 110 Å². The van der Waals surface area contributed by atoms with Crippen LogP contribution in [0.25, 0.3) is 21.5 Å². The second-order valence-corrected chi connectivity index (χ2v) is 18.3. The Labute approximate surface area is 438 Å². The van der Waals surface area contributed by atoms with Gasteiger partial charge in [0.25, 0.3) is 0 Å². The topological polar surface area (TPSA) is 150 Å². The van der Waals surface area contributed by atoms with Gasteiger partial charge in [-0.3, -0.25) is 0 Å². The van der Waals surface area contributed by atoms with Gasteiger partial charge >= 0.3 is 17.9 Å². The third-order valence-corrected chi connectivity index (χ3v) is 12.5. The summed E-state index contributed by atoms with van der Waals surface area (Å²) in [6, 6.07) is 51.0. The normalized spacial score (nSPS) is 11.3. The molecule has 0 aromatic heterocycles. The highest BCUT2D eigenvalue weighted by atomic mass is 16.5. The Balaban J connectivity index is 0.836. The Morgan fingerprint density at radius 3 is 1.59 bits per heavy atom. The first-order valence-corrected chi connectivity index (χ1v) is 25.5. The Kier molecular flexibility index (Phi) is 18.4. The number of azo groups is 2. The minimum Gasteiger partial charge on any atom is -0.494 e. The van der Waals surface area contributed by atoms with Crippen molar-refractivity contribution in [1.29, 1.82) is 0 Å². The molecule has 0 aliphatic carbocycles. The molecule has 380 valence electrons. The van der Waals surface area contributed by atoms with Crippen LogP contribution in [-0.2, 0) is 22.5 Å². The van der Waals surface area contributed by atoms with E-state index in [9.17, 15) is 14.4 Å². The summed E-state index contributed by atoms with van der Waals surface area (Å²) in [5.74, 6) is 0.397. The third kappa shape index (κ3) is 14.7. The van der Waals surface area contributed by atoms with E-state index in [1.165, 1.54) is 18.4 Å². The first kappa shape index (κ1) is 52.5. The summed E-state index contributed by atoms with van der Waals surface area (Å²) in [5.41, 5.74) is 7.96. The Hall–Kier alpha value is -8.77. The van der Waals surface area contributed by atoms with Crippen LogP contribution in [0.1, 0.15) is 96.2 Å². The van der Waals surface area contributed by atoms with Gasteiger partial charge in [0.1, 0.15) is 17.2 Å². The highest BCUT2D eigenvalue weighted by Crippen LogP contribution is 2.38. The maximum Gasteiger partial charge on any atom is 0.343 e. The van der Waals surface area contributed by atoms with Crippen molar-refractivity contribution in [3.8, 4) is 17.2 Å². The number of nitrogens with zero attached hydrogens (tertiary/aromatic N) is 4. The molecule has 8 rings (SSSR count). The summed E-state index contributed by atoms with van der Waals surface area (Å²) in [4.78, 5) is 37.4. The first-order chi connectivity index (χ1) is 36.6. The average molecular weight is 1000 g/mol. The predicted molar refractivity (Wildman–Crippen MR) is 297 cm³/mol. The molecular formula is C63H61N5O7. The number of carbonyl (C=O) groups is 3. The van der Waals surface area contributed by atoms with Gasteiger partial charge in [-0.05, 0) is 160 Å². The third-order valence-electron chi connectivity index (χ3n) is 12.5. The van der Waals surface area contributed by atoms with E-state index in [1.54, 1.807) is 61.5 Å². The minimum absolute atomic E-state index is 0.353. The lowest BCUT2D eigenvalue weighted by Gasteiger charge is -2.12. The standard InChI is InChI=1S/C63H61N5O7/c1-5-6-9-16-45-21-28-50(29-22-45)75-63(71)48-27-34-56(44(4)41-48)65-66-59-37-38-60(55-20-13-12-19-54(55)59)68-67-58-36-35-57(52-17-10-11-18-53(52)58)64-42-46-23-30-51(31-24-46)74-62(70)47-25-32-49(33-26-47)72-39-14-7-8-15-40-73-61(69)43(2)3/h10-13,17-38,41,64H,2,5-9,14-16,39-40,42H2,1,3-4H3/b66-65+,68-67+. The fourth-order valence-corrected chi connectivity index (χ4v) is 8.31. The fourth-order valence-electron chi connectivity index (χ4n) is 8.31. The van der Waals surface area contributed by atoms with Crippen molar-refractivity contribution in [2.45, 2.75) is 78.7 Å². The highest BCUT2D eigenvalue weighted by Gasteiger charge is 2.14. The molecule has 0 unspecified atom stereocenters. The van der Waals surface area contributed by atoms with E-state index < -0.39 is 11.9 Å². The maximum absolute atomic E-state index is 13.0. The second kappa shape index (κ2) is 26.3. The van der Waals surface area contributed by atoms with Gasteiger partial charge in [0, 0.05) is 39.4 Å². The molecule has 0 bridgehead atoms. The van der Waals surface area contributed by atoms with Crippen LogP contribution in [0.15, 0.2) is 196 Å². The lowest BCUT2D eigenvalue weighted by Crippen LogP contribution is -2.08. The molecule has 0 heterocycles. The lowest BCUT2D eigenvalue weighted by atomic mass is 10.1. The minimum atomic E-state index is -0.457. The van der Waals surface area contributed by atoms with E-state index in [0.29, 0.717) is 70.8 Å². The summed E-state index contributed by atoms with van der Waals surface area (Å²) in [7, 11) is 0. The van der Waals surface area contributed by atoms with Crippen molar-refractivity contribution in [3.63, 3.8) is 0 Å². The molecule has 8 aromatic carbocycles. The molecular weight excluding hydrogens is 939 g/mol. The molecule has 1 N–H and O–H groups in total. The van der Waals surface area contributed by atoms with Crippen LogP contribution in [-0.4, -0.2) is 31.1 Å². The number of fused-ring (bicyclic) bond motifs is 2. The van der Waals surface area contributed by atoms with Crippen molar-refractivity contribution >= 4 is 67.9 Å². The molecule has 8 aromatic rings. The van der Waals surface area contributed by atoms with E-state index in [4.69, 9.17) is 29.2 Å². The SMILES string of the molecule is C=C(C)C(=O)OCCCCCCOc1ccc(C(=O)Oc2ccc(CNc3ccc(/N=N/c4ccc(/N=N/c5ccc(C(=O)Oc6ccc(CCCCC)cc6)cc5C)c5ccccc45)c4ccccc34)cc2)cc1. The van der Waals surface area contributed by atoms with Crippen LogP contribution in [0, 0.1) is 6.92 Å². The van der Waals surface area contributed by atoms with Gasteiger partial charge < -0.3 is 24.3 Å². The zero-order valence-electron chi connectivity index (χ0n) is 42.7. The number of carbonyl (C=O) groups excluding carboxylic acids is 3. The fraction of sp³-hybridized carbons (Fsp3) is 0.222. The average Bonchev–Trinajstić information content (AvgIpc) is 3.43. The molecule has 0 aliphatic heterocycles. The Morgan fingerprint density at radius 2 is 1.00 bits per heavy atom. The molecule has 0 fully saturated rings. The van der Waals surface area contributed by atoms with Gasteiger partial charge in [-0.2, -0.15) is 5.11 Å². The van der Waals surface area contributed by atoms with E-state index >= 15 is 0 Å². The Bertz CT molecular complexity index is 3330. The number of ether oxygens (including phenoxy) is 4. The number of anilines is 1. The van der Waals surface area contributed by atoms with Gasteiger partial charge in [-0.1, -0.05) is 99.1 Å². The summed E-state index contributed by atoms with van der Waals surface area (Å²) in [6.07, 6.45) is 8.09. The van der Waals surface area contributed by atoms with Crippen molar-refractivity contribution in [1.82, 2.24) is 0 Å². The zero-order valence-corrected chi connectivity index (χ0v) is 42.7. The van der Waals surface area contributed by atoms with E-state index in [-0.39, 0.29) is 5.97 Å². The number of rotatable bonds is 24. The van der Waals surface area contributed by atoms with Gasteiger partial charge in [0.2, 0.25) is 0 Å². The van der Waals surface area contributed by atoms with E-state index in [0.717, 1.165) is 82.6 Å². The quantitative estimate of drug-likeness (QED) is 0.0207. The van der Waals surface area contributed by atoms with Crippen LogP contribution in [0.4, 0.5) is 28.4 Å². The van der Waals surface area contributed by atoms with Gasteiger partial charge in [-0.25, -0.2) is 14.4 Å². The highest BCUT2D eigenvalue weighted by molar-refractivity contribution is 6.02. The number of aryl methyl sites for hydroxylation is 2. The van der Waals surface area contributed by atoms with Crippen LogP contribution >= 0.6 is 0 Å². The smallest absolute Gasteiger partial charge is 0.343 e. The van der Waals surface area contributed by atoms with Crippen LogP contribution in [0.5, 0.6) is 17.2 Å².